The van der Waals surface area contributed by atoms with Gasteiger partial charge in [0, 0.05) is 36.9 Å². The summed E-state index contributed by atoms with van der Waals surface area (Å²) in [6, 6.07) is 11.4. The van der Waals surface area contributed by atoms with E-state index in [4.69, 9.17) is 0 Å². The molecule has 0 atom stereocenters. The fourth-order valence-corrected chi connectivity index (χ4v) is 1.99. The molecule has 2 aromatic carbocycles. The van der Waals surface area contributed by atoms with Crippen LogP contribution in [0.3, 0.4) is 0 Å². The zero-order chi connectivity index (χ0) is 17.5. The standard InChI is InChI=1S/C15H14N4O5/c20-15(11-5-7-12(8-6-11)18(21)22)17-10-9-16-13-3-1-2-4-14(13)19(23)24/h1-8,16H,9-10H2,(H,17,20). The van der Waals surface area contributed by atoms with Gasteiger partial charge in [0.25, 0.3) is 17.3 Å². The van der Waals surface area contributed by atoms with E-state index in [1.807, 2.05) is 0 Å². The van der Waals surface area contributed by atoms with Crippen LogP contribution in [0.5, 0.6) is 0 Å². The number of nitrogens with one attached hydrogen (secondary N) is 2. The summed E-state index contributed by atoms with van der Waals surface area (Å²) in [7, 11) is 0. The molecule has 0 spiro atoms. The molecule has 124 valence electrons. The Morgan fingerprint density at radius 3 is 2.21 bits per heavy atom. The molecule has 2 N–H and O–H groups in total. The Bertz CT molecular complexity index is 761. The van der Waals surface area contributed by atoms with Gasteiger partial charge in [-0.1, -0.05) is 12.1 Å². The van der Waals surface area contributed by atoms with E-state index in [1.165, 1.54) is 30.3 Å². The third-order valence-corrected chi connectivity index (χ3v) is 3.17. The molecule has 0 bridgehead atoms. The third-order valence-electron chi connectivity index (χ3n) is 3.17. The van der Waals surface area contributed by atoms with Crippen molar-refractivity contribution in [1.29, 1.82) is 0 Å². The minimum absolute atomic E-state index is 0.0424. The van der Waals surface area contributed by atoms with Gasteiger partial charge in [0.15, 0.2) is 0 Å². The number of hydrogen-bond acceptors (Lipinski definition) is 6. The molecule has 0 unspecified atom stereocenters. The van der Waals surface area contributed by atoms with Crippen molar-refractivity contribution < 1.29 is 14.6 Å². The largest absolute Gasteiger partial charge is 0.378 e. The number of carbonyl (C=O) groups excluding carboxylic acids is 1. The lowest BCUT2D eigenvalue weighted by molar-refractivity contribution is -0.384. The maximum Gasteiger partial charge on any atom is 0.292 e. The molecule has 9 heteroatoms. The van der Waals surface area contributed by atoms with E-state index in [9.17, 15) is 25.0 Å². The second-order valence-corrected chi connectivity index (χ2v) is 4.76. The summed E-state index contributed by atoms with van der Waals surface area (Å²) in [5.74, 6) is -0.380. The molecular formula is C15H14N4O5. The fraction of sp³-hybridized carbons (Fsp3) is 0.133. The van der Waals surface area contributed by atoms with Gasteiger partial charge in [-0.05, 0) is 18.2 Å². The van der Waals surface area contributed by atoms with Crippen LogP contribution in [-0.2, 0) is 0 Å². The van der Waals surface area contributed by atoms with Crippen molar-refractivity contribution in [3.63, 3.8) is 0 Å². The van der Waals surface area contributed by atoms with E-state index < -0.39 is 9.85 Å². The van der Waals surface area contributed by atoms with Crippen LogP contribution >= 0.6 is 0 Å². The van der Waals surface area contributed by atoms with Crippen molar-refractivity contribution >= 4 is 23.0 Å². The predicted molar refractivity (Wildman–Crippen MR) is 87.0 cm³/mol. The Balaban J connectivity index is 1.85. The molecule has 2 rings (SSSR count). The summed E-state index contributed by atoms with van der Waals surface area (Å²) in [4.78, 5) is 32.3. The Kier molecular flexibility index (Phi) is 5.40. The molecule has 0 saturated heterocycles. The number of nitro benzene ring substituents is 2. The van der Waals surface area contributed by atoms with Crippen molar-refractivity contribution in [3.05, 3.63) is 74.3 Å². The minimum atomic E-state index is -0.543. The fourth-order valence-electron chi connectivity index (χ4n) is 1.99. The summed E-state index contributed by atoms with van der Waals surface area (Å²) in [6.45, 7) is 0.533. The number of non-ortho nitro benzene ring substituents is 1. The lowest BCUT2D eigenvalue weighted by Gasteiger charge is -2.08. The van der Waals surface area contributed by atoms with Crippen LogP contribution in [0.4, 0.5) is 17.1 Å². The molecule has 2 aromatic rings. The number of anilines is 1. The Hall–Kier alpha value is -3.49. The van der Waals surface area contributed by atoms with Crippen molar-refractivity contribution in [2.75, 3.05) is 18.4 Å². The van der Waals surface area contributed by atoms with Crippen LogP contribution in [0.2, 0.25) is 0 Å². The molecule has 9 nitrogen and oxygen atoms in total. The van der Waals surface area contributed by atoms with Crippen molar-refractivity contribution in [2.24, 2.45) is 0 Å². The molecule has 0 heterocycles. The van der Waals surface area contributed by atoms with Crippen LogP contribution in [0.25, 0.3) is 0 Å². The first-order valence-electron chi connectivity index (χ1n) is 6.99. The molecule has 0 aliphatic rings. The molecule has 0 fully saturated rings. The number of rotatable bonds is 7. The SMILES string of the molecule is O=C(NCCNc1ccccc1[N+](=O)[O-])c1ccc([N+](=O)[O-])cc1. The zero-order valence-electron chi connectivity index (χ0n) is 12.5. The van der Waals surface area contributed by atoms with Crippen LogP contribution in [0.1, 0.15) is 10.4 Å². The van der Waals surface area contributed by atoms with Crippen molar-refractivity contribution in [3.8, 4) is 0 Å². The molecule has 0 aromatic heterocycles. The highest BCUT2D eigenvalue weighted by Crippen LogP contribution is 2.22. The lowest BCUT2D eigenvalue weighted by Crippen LogP contribution is -2.28. The number of para-hydroxylation sites is 2. The van der Waals surface area contributed by atoms with Crippen molar-refractivity contribution in [2.45, 2.75) is 0 Å². The minimum Gasteiger partial charge on any atom is -0.378 e. The first-order chi connectivity index (χ1) is 11.5. The molecule has 0 aliphatic heterocycles. The van der Waals surface area contributed by atoms with Gasteiger partial charge < -0.3 is 10.6 Å². The first-order valence-corrected chi connectivity index (χ1v) is 6.99. The Morgan fingerprint density at radius 1 is 0.917 bits per heavy atom. The van der Waals surface area contributed by atoms with Gasteiger partial charge in [0.1, 0.15) is 5.69 Å². The first kappa shape index (κ1) is 16.9. The van der Waals surface area contributed by atoms with Gasteiger partial charge in [-0.25, -0.2) is 0 Å². The van der Waals surface area contributed by atoms with Crippen LogP contribution in [-0.4, -0.2) is 28.8 Å². The summed E-state index contributed by atoms with van der Waals surface area (Å²) >= 11 is 0. The highest BCUT2D eigenvalue weighted by Gasteiger charge is 2.12. The monoisotopic (exact) mass is 330 g/mol. The van der Waals surface area contributed by atoms with Gasteiger partial charge in [-0.3, -0.25) is 25.0 Å². The second kappa shape index (κ2) is 7.68. The van der Waals surface area contributed by atoms with Crippen LogP contribution in [0, 0.1) is 20.2 Å². The molecule has 24 heavy (non-hydrogen) atoms. The molecule has 0 saturated carbocycles. The van der Waals surface area contributed by atoms with Gasteiger partial charge in [0.05, 0.1) is 9.85 Å². The topological polar surface area (TPSA) is 127 Å². The lowest BCUT2D eigenvalue weighted by atomic mass is 10.2. The summed E-state index contributed by atoms with van der Waals surface area (Å²) in [6.07, 6.45) is 0. The van der Waals surface area contributed by atoms with Crippen LogP contribution < -0.4 is 10.6 Å². The third kappa shape index (κ3) is 4.26. The molecular weight excluding hydrogens is 316 g/mol. The van der Waals surface area contributed by atoms with Crippen molar-refractivity contribution in [1.82, 2.24) is 5.32 Å². The van der Waals surface area contributed by atoms with E-state index in [2.05, 4.69) is 10.6 Å². The number of nitrogens with zero attached hydrogens (tertiary/aromatic N) is 2. The van der Waals surface area contributed by atoms with Gasteiger partial charge >= 0.3 is 0 Å². The number of carbonyl (C=O) groups is 1. The van der Waals surface area contributed by atoms with Gasteiger partial charge in [-0.2, -0.15) is 0 Å². The number of amides is 1. The normalized spacial score (nSPS) is 10.0. The van der Waals surface area contributed by atoms with E-state index >= 15 is 0 Å². The van der Waals surface area contributed by atoms with E-state index in [1.54, 1.807) is 18.2 Å². The highest BCUT2D eigenvalue weighted by atomic mass is 16.6. The van der Waals surface area contributed by atoms with E-state index in [0.717, 1.165) is 0 Å². The maximum atomic E-state index is 11.9. The molecule has 0 radical (unpaired) electrons. The van der Waals surface area contributed by atoms with Gasteiger partial charge in [-0.15, -0.1) is 0 Å². The predicted octanol–water partition coefficient (Wildman–Crippen LogP) is 2.34. The Morgan fingerprint density at radius 2 is 1.58 bits per heavy atom. The Labute approximate surface area is 136 Å². The van der Waals surface area contributed by atoms with E-state index in [0.29, 0.717) is 17.8 Å². The highest BCUT2D eigenvalue weighted by molar-refractivity contribution is 5.94. The molecule has 0 aliphatic carbocycles. The summed E-state index contributed by atoms with van der Waals surface area (Å²) in [5, 5.41) is 26.9. The average molecular weight is 330 g/mol. The van der Waals surface area contributed by atoms with Gasteiger partial charge in [0.2, 0.25) is 0 Å². The second-order valence-electron chi connectivity index (χ2n) is 4.76. The number of nitro groups is 2. The maximum absolute atomic E-state index is 11.9. The quantitative estimate of drug-likeness (QED) is 0.455. The average Bonchev–Trinajstić information content (AvgIpc) is 2.58. The molecule has 1 amide bonds. The summed E-state index contributed by atoms with van der Waals surface area (Å²) in [5.41, 5.74) is 0.530. The van der Waals surface area contributed by atoms with E-state index in [-0.39, 0.29) is 23.8 Å². The van der Waals surface area contributed by atoms with Crippen LogP contribution in [0.15, 0.2) is 48.5 Å². The zero-order valence-corrected chi connectivity index (χ0v) is 12.5. The smallest absolute Gasteiger partial charge is 0.292 e. The number of hydrogen-bond donors (Lipinski definition) is 2. The summed E-state index contributed by atoms with van der Waals surface area (Å²) < 4.78 is 0. The number of benzene rings is 2.